The Balaban J connectivity index is 0.000000785. The number of likely N-dealkylation sites (tertiary alicyclic amines) is 1. The standard InChI is InChI=1S/C18H23N5O4.C3H8O/c1-11(2)27-15-5-4-13(8-12(15)3)19-16-20-17(25)23(18(26)21-16)14-9-22(10-14)6-7-24;1-3-4-2/h4-5,7-8,11,14H,6,9-10H2,1-3H3,(H2,19,20,21,25,26);3H2,1-2H3. The molecule has 170 valence electrons. The molecule has 10 heteroatoms. The molecule has 0 unspecified atom stereocenters. The van der Waals surface area contributed by atoms with E-state index in [1.54, 1.807) is 13.2 Å². The zero-order valence-corrected chi connectivity index (χ0v) is 18.7. The summed E-state index contributed by atoms with van der Waals surface area (Å²) in [5, 5.41) is 2.95. The van der Waals surface area contributed by atoms with Crippen molar-refractivity contribution in [3.8, 4) is 5.75 Å². The molecular weight excluding hydrogens is 402 g/mol. The van der Waals surface area contributed by atoms with Crippen molar-refractivity contribution in [1.29, 1.82) is 0 Å². The second-order valence-electron chi connectivity index (χ2n) is 7.43. The molecule has 1 aliphatic heterocycles. The van der Waals surface area contributed by atoms with Gasteiger partial charge in [0.05, 0.1) is 18.7 Å². The highest BCUT2D eigenvalue weighted by Gasteiger charge is 2.30. The predicted octanol–water partition coefficient (Wildman–Crippen LogP) is 1.48. The quantitative estimate of drug-likeness (QED) is 0.601. The van der Waals surface area contributed by atoms with Gasteiger partial charge in [0.15, 0.2) is 0 Å². The van der Waals surface area contributed by atoms with E-state index in [1.165, 1.54) is 0 Å². The summed E-state index contributed by atoms with van der Waals surface area (Å²) in [5.74, 6) is 0.861. The fraction of sp³-hybridized carbons (Fsp3) is 0.524. The minimum atomic E-state index is -0.617. The van der Waals surface area contributed by atoms with Crippen molar-refractivity contribution in [3.63, 3.8) is 0 Å². The van der Waals surface area contributed by atoms with Crippen LogP contribution >= 0.6 is 0 Å². The summed E-state index contributed by atoms with van der Waals surface area (Å²) in [6.45, 7) is 9.86. The van der Waals surface area contributed by atoms with Crippen LogP contribution in [0, 0.1) is 6.92 Å². The zero-order chi connectivity index (χ0) is 23.0. The summed E-state index contributed by atoms with van der Waals surface area (Å²) in [6.07, 6.45) is 0.871. The van der Waals surface area contributed by atoms with Gasteiger partial charge in [0.1, 0.15) is 12.0 Å². The van der Waals surface area contributed by atoms with Gasteiger partial charge in [-0.2, -0.15) is 4.98 Å². The van der Waals surface area contributed by atoms with Crippen LogP contribution in [0.5, 0.6) is 5.75 Å². The summed E-state index contributed by atoms with van der Waals surface area (Å²) in [7, 11) is 1.68. The Morgan fingerprint density at radius 3 is 2.52 bits per heavy atom. The van der Waals surface area contributed by atoms with Crippen molar-refractivity contribution in [1.82, 2.24) is 19.4 Å². The smallest absolute Gasteiger partial charge is 0.355 e. The normalized spacial score (nSPS) is 13.9. The molecule has 3 rings (SSSR count). The number of benzene rings is 1. The molecule has 0 spiro atoms. The number of carbonyl (C=O) groups excluding carboxylic acids is 1. The molecule has 1 fully saturated rings. The summed E-state index contributed by atoms with van der Waals surface area (Å²) >= 11 is 0. The van der Waals surface area contributed by atoms with E-state index < -0.39 is 11.4 Å². The lowest BCUT2D eigenvalue weighted by Crippen LogP contribution is -2.55. The molecule has 1 aliphatic rings. The van der Waals surface area contributed by atoms with Gasteiger partial charge in [0.25, 0.3) is 0 Å². The van der Waals surface area contributed by atoms with Gasteiger partial charge < -0.3 is 19.6 Å². The van der Waals surface area contributed by atoms with Crippen LogP contribution in [-0.2, 0) is 9.53 Å². The summed E-state index contributed by atoms with van der Waals surface area (Å²) < 4.78 is 11.3. The van der Waals surface area contributed by atoms with E-state index >= 15 is 0 Å². The van der Waals surface area contributed by atoms with E-state index in [4.69, 9.17) is 4.74 Å². The van der Waals surface area contributed by atoms with E-state index in [0.29, 0.717) is 25.3 Å². The average molecular weight is 434 g/mol. The number of aromatic nitrogens is 3. The first-order chi connectivity index (χ1) is 14.8. The molecule has 1 saturated heterocycles. The summed E-state index contributed by atoms with van der Waals surface area (Å²) in [5.41, 5.74) is 0.469. The first-order valence-electron chi connectivity index (χ1n) is 10.2. The molecule has 0 bridgehead atoms. The third kappa shape index (κ3) is 6.76. The lowest BCUT2D eigenvalue weighted by molar-refractivity contribution is -0.110. The second-order valence-corrected chi connectivity index (χ2v) is 7.43. The highest BCUT2D eigenvalue weighted by Crippen LogP contribution is 2.24. The fourth-order valence-corrected chi connectivity index (χ4v) is 3.02. The monoisotopic (exact) mass is 433 g/mol. The average Bonchev–Trinajstić information content (AvgIpc) is 2.67. The largest absolute Gasteiger partial charge is 0.491 e. The van der Waals surface area contributed by atoms with E-state index in [2.05, 4.69) is 20.0 Å². The first-order valence-corrected chi connectivity index (χ1v) is 10.2. The molecule has 2 aromatic rings. The van der Waals surface area contributed by atoms with Gasteiger partial charge in [-0.1, -0.05) is 0 Å². The molecule has 2 heterocycles. The molecule has 0 atom stereocenters. The Labute approximate surface area is 181 Å². The molecule has 0 saturated carbocycles. The Morgan fingerprint density at radius 2 is 2.00 bits per heavy atom. The zero-order valence-electron chi connectivity index (χ0n) is 18.7. The molecule has 0 aliphatic carbocycles. The molecular formula is C21H31N5O5. The number of hydrogen-bond donors (Lipinski definition) is 2. The number of carbonyl (C=O) groups is 1. The molecule has 0 radical (unpaired) electrons. The number of nitrogens with zero attached hydrogens (tertiary/aromatic N) is 3. The summed E-state index contributed by atoms with van der Waals surface area (Å²) in [4.78, 5) is 43.4. The lowest BCUT2D eigenvalue weighted by atomic mass is 10.1. The fourth-order valence-electron chi connectivity index (χ4n) is 3.02. The van der Waals surface area contributed by atoms with Crippen LogP contribution in [0.4, 0.5) is 11.6 Å². The molecule has 0 amide bonds. The van der Waals surface area contributed by atoms with E-state index in [1.807, 2.05) is 44.7 Å². The molecule has 10 nitrogen and oxygen atoms in total. The number of hydrogen-bond acceptors (Lipinski definition) is 8. The molecule has 2 N–H and O–H groups in total. The van der Waals surface area contributed by atoms with Crippen LogP contribution in [0.1, 0.15) is 32.4 Å². The van der Waals surface area contributed by atoms with Gasteiger partial charge in [0.2, 0.25) is 5.95 Å². The third-order valence-electron chi connectivity index (χ3n) is 4.58. The number of methoxy groups -OCH3 is 1. The Hall–Kier alpha value is -2.98. The van der Waals surface area contributed by atoms with Crippen LogP contribution in [0.3, 0.4) is 0 Å². The van der Waals surface area contributed by atoms with Crippen LogP contribution in [0.15, 0.2) is 27.8 Å². The maximum Gasteiger partial charge on any atom is 0.355 e. The number of H-pyrrole nitrogens is 1. The number of rotatable bonds is 8. The maximum atomic E-state index is 12.3. The lowest BCUT2D eigenvalue weighted by Gasteiger charge is -2.37. The summed E-state index contributed by atoms with van der Waals surface area (Å²) in [6, 6.07) is 5.20. The number of anilines is 2. The van der Waals surface area contributed by atoms with Gasteiger partial charge in [-0.25, -0.2) is 14.2 Å². The molecule has 1 aromatic carbocycles. The van der Waals surface area contributed by atoms with Crippen molar-refractivity contribution < 1.29 is 14.3 Å². The Bertz CT molecular complexity index is 946. The number of nitrogens with one attached hydrogen (secondary N) is 2. The number of ether oxygens (including phenoxy) is 2. The van der Waals surface area contributed by atoms with Crippen LogP contribution in [0.2, 0.25) is 0 Å². The van der Waals surface area contributed by atoms with E-state index in [-0.39, 0.29) is 18.1 Å². The van der Waals surface area contributed by atoms with Crippen LogP contribution < -0.4 is 21.4 Å². The third-order valence-corrected chi connectivity index (χ3v) is 4.58. The van der Waals surface area contributed by atoms with Crippen LogP contribution in [-0.4, -0.2) is 65.2 Å². The number of aldehydes is 1. The SMILES string of the molecule is CCOC.Cc1cc(Nc2nc(=O)n(C3CN(CC=O)C3)c(=O)[nH]2)ccc1OC(C)C. The highest BCUT2D eigenvalue weighted by atomic mass is 16.5. The second kappa shape index (κ2) is 11.4. The van der Waals surface area contributed by atoms with E-state index in [0.717, 1.165) is 28.8 Å². The van der Waals surface area contributed by atoms with E-state index in [9.17, 15) is 14.4 Å². The maximum absolute atomic E-state index is 12.3. The minimum absolute atomic E-state index is 0.0714. The predicted molar refractivity (Wildman–Crippen MR) is 118 cm³/mol. The van der Waals surface area contributed by atoms with Crippen molar-refractivity contribution in [2.75, 3.05) is 38.7 Å². The minimum Gasteiger partial charge on any atom is -0.491 e. The first kappa shape index (κ1) is 24.3. The van der Waals surface area contributed by atoms with Crippen molar-refractivity contribution in [2.24, 2.45) is 0 Å². The van der Waals surface area contributed by atoms with Crippen molar-refractivity contribution in [2.45, 2.75) is 39.8 Å². The van der Waals surface area contributed by atoms with Gasteiger partial charge in [0, 0.05) is 32.5 Å². The Kier molecular flexibility index (Phi) is 8.95. The number of aryl methyl sites for hydroxylation is 1. The molecule has 31 heavy (non-hydrogen) atoms. The van der Waals surface area contributed by atoms with Gasteiger partial charge >= 0.3 is 11.4 Å². The Morgan fingerprint density at radius 1 is 1.32 bits per heavy atom. The van der Waals surface area contributed by atoms with Gasteiger partial charge in [-0.15, -0.1) is 0 Å². The van der Waals surface area contributed by atoms with Crippen molar-refractivity contribution >= 4 is 17.9 Å². The van der Waals surface area contributed by atoms with Crippen LogP contribution in [0.25, 0.3) is 0 Å². The van der Waals surface area contributed by atoms with Crippen molar-refractivity contribution in [3.05, 3.63) is 44.7 Å². The number of aromatic amines is 1. The molecule has 1 aromatic heterocycles. The highest BCUT2D eigenvalue weighted by molar-refractivity contribution is 5.56. The van der Waals surface area contributed by atoms with Gasteiger partial charge in [-0.3, -0.25) is 9.88 Å². The topological polar surface area (TPSA) is 119 Å². The van der Waals surface area contributed by atoms with Gasteiger partial charge in [-0.05, 0) is 51.5 Å².